The predicted molar refractivity (Wildman–Crippen MR) is 76.9 cm³/mol. The largest absolute Gasteiger partial charge is 0.852 e. The summed E-state index contributed by atoms with van der Waals surface area (Å²) < 4.78 is 0. The Morgan fingerprint density at radius 2 is 1.00 bits per heavy atom. The van der Waals surface area contributed by atoms with Gasteiger partial charge in [-0.2, -0.15) is 0 Å². The molecular formula is C18H18O6-2. The summed E-state index contributed by atoms with van der Waals surface area (Å²) in [6.45, 7) is 16.3. The second-order valence-electron chi connectivity index (χ2n) is 6.04. The standard InChI is InChI=1S/C6H10O2.2C6H4O2/c3*1-3-5(7)4(2)6(3)8/h3-6H,1-2H3;2*1H,2H3/q-2;;. The zero-order valence-electron chi connectivity index (χ0n) is 13.9. The van der Waals surface area contributed by atoms with Gasteiger partial charge < -0.3 is 20.4 Å². The molecule has 0 spiro atoms. The molecule has 0 aromatic carbocycles. The summed E-state index contributed by atoms with van der Waals surface area (Å²) in [7, 11) is 0. The maximum atomic E-state index is 10.7. The van der Waals surface area contributed by atoms with Gasteiger partial charge in [-0.05, 0) is 13.8 Å². The van der Waals surface area contributed by atoms with Crippen molar-refractivity contribution in [3.63, 3.8) is 0 Å². The second-order valence-corrected chi connectivity index (χ2v) is 6.04. The van der Waals surface area contributed by atoms with Gasteiger partial charge in [-0.1, -0.05) is 25.7 Å². The second kappa shape index (κ2) is 7.04. The van der Waals surface area contributed by atoms with E-state index in [9.17, 15) is 30.0 Å². The van der Waals surface area contributed by atoms with Crippen LogP contribution in [0.5, 0.6) is 0 Å². The lowest BCUT2D eigenvalue weighted by molar-refractivity contribution is -0.558. The van der Waals surface area contributed by atoms with Crippen LogP contribution in [0.2, 0.25) is 0 Å². The minimum atomic E-state index is -0.586. The Bertz CT molecular complexity index is 545. The molecule has 128 valence electrons. The first-order valence-electron chi connectivity index (χ1n) is 7.35. The summed E-state index contributed by atoms with van der Waals surface area (Å²) in [5.74, 6) is -1.45. The summed E-state index contributed by atoms with van der Waals surface area (Å²) in [5, 5.41) is 42.0. The van der Waals surface area contributed by atoms with Crippen LogP contribution in [0.25, 0.3) is 0 Å². The molecule has 0 heterocycles. The molecule has 0 radical (unpaired) electrons. The molecule has 0 amide bonds. The van der Waals surface area contributed by atoms with Crippen molar-refractivity contribution in [2.45, 2.75) is 39.9 Å². The van der Waals surface area contributed by atoms with E-state index in [4.69, 9.17) is 13.2 Å². The van der Waals surface area contributed by atoms with E-state index in [1.165, 1.54) is 13.8 Å². The lowest BCUT2D eigenvalue weighted by Crippen LogP contribution is -2.64. The maximum Gasteiger partial charge on any atom is 0.318 e. The number of Topliss-reactive ketones (excluding diaryl/α,β-unsaturated/α-hetero) is 2. The highest BCUT2D eigenvalue weighted by Crippen LogP contribution is 2.29. The van der Waals surface area contributed by atoms with E-state index in [0.717, 1.165) is 0 Å². The molecule has 3 aliphatic carbocycles. The van der Waals surface area contributed by atoms with Crippen molar-refractivity contribution in [2.75, 3.05) is 0 Å². The lowest BCUT2D eigenvalue weighted by Gasteiger charge is -2.58. The van der Waals surface area contributed by atoms with Crippen LogP contribution in [-0.4, -0.2) is 23.8 Å². The Morgan fingerprint density at radius 3 is 1.08 bits per heavy atom. The van der Waals surface area contributed by atoms with Gasteiger partial charge in [0.2, 0.25) is 11.1 Å². The molecule has 0 saturated heterocycles. The highest BCUT2D eigenvalue weighted by molar-refractivity contribution is 6.18. The van der Waals surface area contributed by atoms with Crippen molar-refractivity contribution in [3.05, 3.63) is 47.0 Å². The van der Waals surface area contributed by atoms with E-state index >= 15 is 0 Å². The summed E-state index contributed by atoms with van der Waals surface area (Å²) in [5.41, 5.74) is 0.259. The molecule has 0 aromatic rings. The number of allylic oxidation sites excluding steroid dienone is 4. The fourth-order valence-electron chi connectivity index (χ4n) is 2.28. The van der Waals surface area contributed by atoms with Gasteiger partial charge in [-0.25, -0.2) is 9.59 Å². The highest BCUT2D eigenvalue weighted by Gasteiger charge is 2.35. The van der Waals surface area contributed by atoms with E-state index in [2.05, 4.69) is 0 Å². The SMILES string of the molecule is CC1C([O-])C(C)C1[O-].[CH+]=C1C(=O)C(C)=C1[O-].[CH+]=C1C(=O)C(C)=C1[O-]. The predicted octanol–water partition coefficient (Wildman–Crippen LogP) is -2.14. The van der Waals surface area contributed by atoms with Gasteiger partial charge in [0.15, 0.2) is 0 Å². The van der Waals surface area contributed by atoms with Gasteiger partial charge in [0.25, 0.3) is 0 Å². The van der Waals surface area contributed by atoms with Gasteiger partial charge in [0.1, 0.15) is 11.1 Å². The summed E-state index contributed by atoms with van der Waals surface area (Å²) in [6.07, 6.45) is -1.17. The summed E-state index contributed by atoms with van der Waals surface area (Å²) >= 11 is 0. The van der Waals surface area contributed by atoms with Crippen LogP contribution in [0.15, 0.2) is 33.8 Å². The fraction of sp³-hybridized carbons (Fsp3) is 0.444. The average Bonchev–Trinajstić information content (AvgIpc) is 2.63. The zero-order chi connectivity index (χ0) is 18.9. The number of hydrogen-bond donors (Lipinski definition) is 0. The summed E-state index contributed by atoms with van der Waals surface area (Å²) in [4.78, 5) is 20.7. The molecule has 3 aliphatic rings. The number of ketones is 2. The van der Waals surface area contributed by atoms with E-state index in [-0.39, 0.29) is 57.2 Å². The Balaban J connectivity index is 0.000000180. The van der Waals surface area contributed by atoms with Crippen molar-refractivity contribution in [1.82, 2.24) is 0 Å². The van der Waals surface area contributed by atoms with Crippen LogP contribution in [0.4, 0.5) is 0 Å². The molecule has 0 unspecified atom stereocenters. The molecule has 6 heteroatoms. The first kappa shape index (κ1) is 19.7. The van der Waals surface area contributed by atoms with E-state index in [0.29, 0.717) is 0 Å². The monoisotopic (exact) mass is 330 g/mol. The van der Waals surface area contributed by atoms with Crippen molar-refractivity contribution >= 4 is 11.6 Å². The van der Waals surface area contributed by atoms with E-state index in [1.54, 1.807) is 13.8 Å². The van der Waals surface area contributed by atoms with Crippen LogP contribution in [0, 0.1) is 25.0 Å². The molecule has 0 bridgehead atoms. The third-order valence-corrected chi connectivity index (χ3v) is 4.41. The molecule has 3 rings (SSSR count). The van der Waals surface area contributed by atoms with Gasteiger partial charge in [0, 0.05) is 13.2 Å². The smallest absolute Gasteiger partial charge is 0.318 e. The molecule has 6 nitrogen and oxygen atoms in total. The Hall–Kier alpha value is -2.36. The average molecular weight is 330 g/mol. The van der Waals surface area contributed by atoms with Crippen molar-refractivity contribution in [1.29, 1.82) is 0 Å². The van der Waals surface area contributed by atoms with Gasteiger partial charge >= 0.3 is 11.6 Å². The lowest BCUT2D eigenvalue weighted by atomic mass is 9.71. The van der Waals surface area contributed by atoms with E-state index < -0.39 is 12.2 Å². The Labute approximate surface area is 141 Å². The molecule has 0 atom stereocenters. The molecule has 1 saturated carbocycles. The molecule has 1 fully saturated rings. The normalized spacial score (nSPS) is 31.2. The van der Waals surface area contributed by atoms with Crippen LogP contribution in [0.3, 0.4) is 0 Å². The van der Waals surface area contributed by atoms with E-state index in [1.807, 2.05) is 0 Å². The third kappa shape index (κ3) is 3.28. The van der Waals surface area contributed by atoms with Crippen molar-refractivity contribution in [3.8, 4) is 0 Å². The quantitative estimate of drug-likeness (QED) is 0.368. The molecule has 24 heavy (non-hydrogen) atoms. The number of carbonyl (C=O) groups excluding carboxylic acids is 2. The molecular weight excluding hydrogens is 312 g/mol. The van der Waals surface area contributed by atoms with Crippen LogP contribution < -0.4 is 20.4 Å². The Morgan fingerprint density at radius 1 is 0.750 bits per heavy atom. The Kier molecular flexibility index (Phi) is 5.77. The number of carbonyl (C=O) groups is 2. The first-order chi connectivity index (χ1) is 10.9. The highest BCUT2D eigenvalue weighted by atomic mass is 16.3. The van der Waals surface area contributed by atoms with Gasteiger partial charge in [-0.15, -0.1) is 12.2 Å². The minimum absolute atomic E-state index is 0.123. The maximum absolute atomic E-state index is 10.7. The number of hydrogen-bond acceptors (Lipinski definition) is 6. The molecule has 0 aromatic heterocycles. The van der Waals surface area contributed by atoms with Crippen molar-refractivity contribution in [2.24, 2.45) is 11.8 Å². The fourth-order valence-corrected chi connectivity index (χ4v) is 2.28. The topological polar surface area (TPSA) is 126 Å². The van der Waals surface area contributed by atoms with Crippen LogP contribution in [0.1, 0.15) is 27.7 Å². The van der Waals surface area contributed by atoms with Crippen molar-refractivity contribution < 1.29 is 30.0 Å². The van der Waals surface area contributed by atoms with Crippen LogP contribution >= 0.6 is 0 Å². The minimum Gasteiger partial charge on any atom is -0.852 e. The molecule has 0 aliphatic heterocycles. The zero-order valence-corrected chi connectivity index (χ0v) is 13.9. The summed E-state index contributed by atoms with van der Waals surface area (Å²) in [6, 6.07) is 0. The third-order valence-electron chi connectivity index (χ3n) is 4.41. The van der Waals surface area contributed by atoms with Gasteiger partial charge in [0.05, 0.1) is 11.5 Å². The molecule has 0 N–H and O–H groups in total. The first-order valence-corrected chi connectivity index (χ1v) is 7.35. The van der Waals surface area contributed by atoms with Crippen LogP contribution in [-0.2, 0) is 9.59 Å². The van der Waals surface area contributed by atoms with Gasteiger partial charge in [-0.3, -0.25) is 0 Å². The number of rotatable bonds is 0.